The van der Waals surface area contributed by atoms with E-state index in [4.69, 9.17) is 4.74 Å². The molecule has 2 rings (SSSR count). The van der Waals surface area contributed by atoms with Crippen LogP contribution in [0.25, 0.3) is 0 Å². The molecule has 0 aliphatic heterocycles. The Kier molecular flexibility index (Phi) is 4.68. The van der Waals surface area contributed by atoms with E-state index in [1.807, 2.05) is 13.0 Å². The number of hydrogen-bond donors (Lipinski definition) is 1. The van der Waals surface area contributed by atoms with Gasteiger partial charge in [-0.3, -0.25) is 0 Å². The predicted molar refractivity (Wildman–Crippen MR) is 85.6 cm³/mol. The van der Waals surface area contributed by atoms with E-state index in [1.54, 1.807) is 0 Å². The van der Waals surface area contributed by atoms with E-state index in [-0.39, 0.29) is 4.88 Å². The standard InChI is InChI=1S/C17H20O3S/c1-5-13-8-15(16(21-13)17(18)19)20-9-14-11(3)6-10(2)7-12(14)4/h6-8H,5,9H2,1-4H3,(H,18,19). The molecule has 0 aliphatic rings. The van der Waals surface area contributed by atoms with Crippen molar-refractivity contribution in [2.75, 3.05) is 0 Å². The zero-order valence-corrected chi connectivity index (χ0v) is 13.6. The Labute approximate surface area is 129 Å². The van der Waals surface area contributed by atoms with Crippen molar-refractivity contribution in [3.8, 4) is 5.75 Å². The molecule has 0 aliphatic carbocycles. The molecule has 1 aromatic heterocycles. The summed E-state index contributed by atoms with van der Waals surface area (Å²) in [6.45, 7) is 8.59. The van der Waals surface area contributed by atoms with Crippen LogP contribution in [0.2, 0.25) is 0 Å². The minimum atomic E-state index is -0.924. The second-order valence-corrected chi connectivity index (χ2v) is 6.37. The third-order valence-electron chi connectivity index (χ3n) is 3.50. The molecule has 0 radical (unpaired) electrons. The molecule has 3 nitrogen and oxygen atoms in total. The van der Waals surface area contributed by atoms with E-state index in [2.05, 4.69) is 32.9 Å². The number of aryl methyl sites for hydroxylation is 4. The maximum Gasteiger partial charge on any atom is 0.349 e. The van der Waals surface area contributed by atoms with Crippen LogP contribution in [0, 0.1) is 20.8 Å². The minimum Gasteiger partial charge on any atom is -0.487 e. The van der Waals surface area contributed by atoms with Gasteiger partial charge in [0.15, 0.2) is 4.88 Å². The Morgan fingerprint density at radius 3 is 2.33 bits per heavy atom. The Bertz CT molecular complexity index is 648. The number of ether oxygens (including phenoxy) is 1. The van der Waals surface area contributed by atoms with Crippen LogP contribution in [-0.2, 0) is 13.0 Å². The van der Waals surface area contributed by atoms with Crippen LogP contribution < -0.4 is 4.74 Å². The molecule has 4 heteroatoms. The summed E-state index contributed by atoms with van der Waals surface area (Å²) in [6, 6.07) is 6.08. The minimum absolute atomic E-state index is 0.286. The zero-order chi connectivity index (χ0) is 15.6. The third kappa shape index (κ3) is 3.45. The smallest absolute Gasteiger partial charge is 0.349 e. The molecule has 0 fully saturated rings. The molecular formula is C17H20O3S. The molecule has 0 saturated heterocycles. The monoisotopic (exact) mass is 304 g/mol. The number of thiophene rings is 1. The fourth-order valence-corrected chi connectivity index (χ4v) is 3.32. The van der Waals surface area contributed by atoms with Gasteiger partial charge in [-0.1, -0.05) is 24.6 Å². The van der Waals surface area contributed by atoms with Gasteiger partial charge in [0.1, 0.15) is 12.4 Å². The number of rotatable bonds is 5. The van der Waals surface area contributed by atoms with Gasteiger partial charge in [0, 0.05) is 4.88 Å². The number of carbonyl (C=O) groups is 1. The molecule has 112 valence electrons. The van der Waals surface area contributed by atoms with Crippen LogP contribution in [0.1, 0.15) is 43.7 Å². The van der Waals surface area contributed by atoms with Gasteiger partial charge < -0.3 is 9.84 Å². The zero-order valence-electron chi connectivity index (χ0n) is 12.8. The molecule has 0 spiro atoms. The molecule has 1 heterocycles. The highest BCUT2D eigenvalue weighted by molar-refractivity contribution is 7.14. The van der Waals surface area contributed by atoms with E-state index in [0.29, 0.717) is 12.4 Å². The van der Waals surface area contributed by atoms with Gasteiger partial charge in [-0.15, -0.1) is 11.3 Å². The maximum absolute atomic E-state index is 11.3. The molecule has 2 aromatic rings. The summed E-state index contributed by atoms with van der Waals surface area (Å²) in [7, 11) is 0. The van der Waals surface area contributed by atoms with Crippen LogP contribution in [-0.4, -0.2) is 11.1 Å². The Morgan fingerprint density at radius 1 is 1.19 bits per heavy atom. The second-order valence-electron chi connectivity index (χ2n) is 5.23. The summed E-state index contributed by atoms with van der Waals surface area (Å²) in [5.41, 5.74) is 4.70. The Hall–Kier alpha value is -1.81. The molecule has 21 heavy (non-hydrogen) atoms. The van der Waals surface area contributed by atoms with Crippen LogP contribution >= 0.6 is 11.3 Å². The Morgan fingerprint density at radius 2 is 1.81 bits per heavy atom. The third-order valence-corrected chi connectivity index (χ3v) is 4.75. The maximum atomic E-state index is 11.3. The summed E-state index contributed by atoms with van der Waals surface area (Å²) in [6.07, 6.45) is 0.816. The largest absolute Gasteiger partial charge is 0.487 e. The lowest BCUT2D eigenvalue weighted by Gasteiger charge is -2.12. The van der Waals surface area contributed by atoms with Gasteiger partial charge >= 0.3 is 5.97 Å². The fourth-order valence-electron chi connectivity index (χ4n) is 2.44. The second kappa shape index (κ2) is 6.31. The van der Waals surface area contributed by atoms with Crippen molar-refractivity contribution >= 4 is 17.3 Å². The summed E-state index contributed by atoms with van der Waals surface area (Å²) >= 11 is 1.29. The summed E-state index contributed by atoms with van der Waals surface area (Å²) in [4.78, 5) is 12.6. The first-order valence-corrected chi connectivity index (χ1v) is 7.79. The van der Waals surface area contributed by atoms with Crippen molar-refractivity contribution in [1.29, 1.82) is 0 Å². The number of hydrogen-bond acceptors (Lipinski definition) is 3. The van der Waals surface area contributed by atoms with Crippen molar-refractivity contribution in [3.05, 3.63) is 50.2 Å². The summed E-state index contributed by atoms with van der Waals surface area (Å²) in [5, 5.41) is 9.25. The normalized spacial score (nSPS) is 10.7. The average molecular weight is 304 g/mol. The highest BCUT2D eigenvalue weighted by atomic mass is 32.1. The molecule has 1 N–H and O–H groups in total. The van der Waals surface area contributed by atoms with Crippen molar-refractivity contribution in [2.45, 2.75) is 40.7 Å². The molecule has 0 saturated carbocycles. The lowest BCUT2D eigenvalue weighted by molar-refractivity contribution is 0.0697. The molecule has 0 bridgehead atoms. The SMILES string of the molecule is CCc1cc(OCc2c(C)cc(C)cc2C)c(C(=O)O)s1. The van der Waals surface area contributed by atoms with Gasteiger partial charge in [0.25, 0.3) is 0 Å². The molecule has 0 amide bonds. The molecule has 0 unspecified atom stereocenters. The lowest BCUT2D eigenvalue weighted by Crippen LogP contribution is -2.03. The number of carboxylic acid groups (broad SMARTS) is 1. The van der Waals surface area contributed by atoms with E-state index in [1.165, 1.54) is 28.0 Å². The quantitative estimate of drug-likeness (QED) is 0.884. The van der Waals surface area contributed by atoms with Crippen molar-refractivity contribution < 1.29 is 14.6 Å². The summed E-state index contributed by atoms with van der Waals surface area (Å²) in [5.74, 6) is -0.448. The number of aromatic carboxylic acids is 1. The van der Waals surface area contributed by atoms with Gasteiger partial charge in [-0.25, -0.2) is 4.79 Å². The van der Waals surface area contributed by atoms with E-state index in [9.17, 15) is 9.90 Å². The highest BCUT2D eigenvalue weighted by Gasteiger charge is 2.17. The van der Waals surface area contributed by atoms with Crippen molar-refractivity contribution in [2.24, 2.45) is 0 Å². The number of benzene rings is 1. The van der Waals surface area contributed by atoms with Gasteiger partial charge in [-0.2, -0.15) is 0 Å². The fraction of sp³-hybridized carbons (Fsp3) is 0.353. The lowest BCUT2D eigenvalue weighted by atomic mass is 10.0. The Balaban J connectivity index is 2.24. The number of carboxylic acids is 1. The van der Waals surface area contributed by atoms with Crippen LogP contribution in [0.3, 0.4) is 0 Å². The molecule has 0 atom stereocenters. The van der Waals surface area contributed by atoms with E-state index < -0.39 is 5.97 Å². The van der Waals surface area contributed by atoms with E-state index >= 15 is 0 Å². The van der Waals surface area contributed by atoms with E-state index in [0.717, 1.165) is 16.9 Å². The van der Waals surface area contributed by atoms with Gasteiger partial charge in [0.05, 0.1) is 0 Å². The topological polar surface area (TPSA) is 46.5 Å². The van der Waals surface area contributed by atoms with Crippen molar-refractivity contribution in [1.82, 2.24) is 0 Å². The first kappa shape index (κ1) is 15.6. The van der Waals surface area contributed by atoms with Crippen molar-refractivity contribution in [3.63, 3.8) is 0 Å². The van der Waals surface area contributed by atoms with Gasteiger partial charge in [-0.05, 0) is 49.9 Å². The van der Waals surface area contributed by atoms with Crippen LogP contribution in [0.15, 0.2) is 18.2 Å². The first-order valence-electron chi connectivity index (χ1n) is 6.98. The van der Waals surface area contributed by atoms with Crippen LogP contribution in [0.4, 0.5) is 0 Å². The first-order chi connectivity index (χ1) is 9.92. The molecular weight excluding hydrogens is 284 g/mol. The van der Waals surface area contributed by atoms with Gasteiger partial charge in [0.2, 0.25) is 0 Å². The summed E-state index contributed by atoms with van der Waals surface area (Å²) < 4.78 is 5.80. The predicted octanol–water partition coefficient (Wildman–Crippen LogP) is 4.51. The van der Waals surface area contributed by atoms with Crippen LogP contribution in [0.5, 0.6) is 5.75 Å². The average Bonchev–Trinajstić information content (AvgIpc) is 2.81. The highest BCUT2D eigenvalue weighted by Crippen LogP contribution is 2.31. The molecule has 1 aromatic carbocycles.